The number of anilines is 2. The molecule has 0 aliphatic heterocycles. The van der Waals surface area contributed by atoms with Gasteiger partial charge in [0.1, 0.15) is 0 Å². The van der Waals surface area contributed by atoms with Crippen molar-refractivity contribution >= 4 is 38.9 Å². The second kappa shape index (κ2) is 9.53. The monoisotopic (exact) mass is 485 g/mol. The van der Waals surface area contributed by atoms with Crippen molar-refractivity contribution < 1.29 is 13.2 Å². The summed E-state index contributed by atoms with van der Waals surface area (Å²) in [4.78, 5) is 19.3. The predicted molar refractivity (Wildman–Crippen MR) is 134 cm³/mol. The van der Waals surface area contributed by atoms with Crippen molar-refractivity contribution in [2.45, 2.75) is 51.0 Å². The molecule has 1 aromatic heterocycles. The third kappa shape index (κ3) is 5.72. The SMILES string of the molecule is CC(C)N(C(=O)c1ncc(Cl)cc1NS(=O)(=O)c1ccc(C(C)(C)C)cc1)c1ccccc1. The number of hydrogen-bond acceptors (Lipinski definition) is 4. The van der Waals surface area contributed by atoms with Crippen LogP contribution in [0.5, 0.6) is 0 Å². The van der Waals surface area contributed by atoms with Gasteiger partial charge in [0.15, 0.2) is 5.69 Å². The second-order valence-corrected chi connectivity index (χ2v) is 11.2. The van der Waals surface area contributed by atoms with E-state index < -0.39 is 15.9 Å². The summed E-state index contributed by atoms with van der Waals surface area (Å²) in [7, 11) is -3.98. The summed E-state index contributed by atoms with van der Waals surface area (Å²) in [6.07, 6.45) is 1.33. The van der Waals surface area contributed by atoms with Crippen molar-refractivity contribution in [3.8, 4) is 0 Å². The number of rotatable bonds is 6. The Balaban J connectivity index is 1.99. The fraction of sp³-hybridized carbons (Fsp3) is 0.280. The molecule has 0 bridgehead atoms. The largest absolute Gasteiger partial charge is 0.304 e. The van der Waals surface area contributed by atoms with E-state index in [1.54, 1.807) is 29.2 Å². The minimum atomic E-state index is -3.98. The van der Waals surface area contributed by atoms with Gasteiger partial charge in [-0.05, 0) is 55.2 Å². The molecule has 33 heavy (non-hydrogen) atoms. The number of halogens is 1. The van der Waals surface area contributed by atoms with Crippen LogP contribution in [0, 0.1) is 0 Å². The normalized spacial score (nSPS) is 12.0. The van der Waals surface area contributed by atoms with Gasteiger partial charge in [0.2, 0.25) is 0 Å². The molecule has 0 spiro atoms. The Kier molecular flexibility index (Phi) is 7.14. The van der Waals surface area contributed by atoms with Gasteiger partial charge in [-0.3, -0.25) is 9.52 Å². The summed E-state index contributed by atoms with van der Waals surface area (Å²) in [6.45, 7) is 9.91. The first-order valence-corrected chi connectivity index (χ1v) is 12.4. The standard InChI is InChI=1S/C25H28ClN3O3S/c1-17(2)29(20-9-7-6-8-10-20)24(30)23-22(15-19(26)16-27-23)28-33(31,32)21-13-11-18(12-14-21)25(3,4)5/h6-17,28H,1-5H3. The molecule has 0 aliphatic carbocycles. The number of para-hydroxylation sites is 1. The number of nitrogens with one attached hydrogen (secondary N) is 1. The lowest BCUT2D eigenvalue weighted by Gasteiger charge is -2.27. The Morgan fingerprint density at radius 1 is 1.03 bits per heavy atom. The summed E-state index contributed by atoms with van der Waals surface area (Å²) in [6, 6.07) is 17.0. The lowest BCUT2D eigenvalue weighted by Crippen LogP contribution is -2.38. The van der Waals surface area contributed by atoms with Gasteiger partial charge in [0.05, 0.1) is 15.6 Å². The molecular formula is C25H28ClN3O3S. The molecule has 0 saturated carbocycles. The molecule has 1 N–H and O–H groups in total. The third-order valence-corrected chi connectivity index (χ3v) is 6.69. The highest BCUT2D eigenvalue weighted by Crippen LogP contribution is 2.28. The molecule has 3 aromatic rings. The number of sulfonamides is 1. The van der Waals surface area contributed by atoms with E-state index in [0.29, 0.717) is 5.69 Å². The van der Waals surface area contributed by atoms with Crippen molar-refractivity contribution in [3.63, 3.8) is 0 Å². The lowest BCUT2D eigenvalue weighted by atomic mass is 9.87. The number of amides is 1. The zero-order valence-corrected chi connectivity index (χ0v) is 20.9. The van der Waals surface area contributed by atoms with Crippen LogP contribution in [0.25, 0.3) is 0 Å². The van der Waals surface area contributed by atoms with E-state index in [0.717, 1.165) is 5.56 Å². The number of benzene rings is 2. The van der Waals surface area contributed by atoms with Crippen LogP contribution < -0.4 is 9.62 Å². The number of aromatic nitrogens is 1. The highest BCUT2D eigenvalue weighted by atomic mass is 35.5. The lowest BCUT2D eigenvalue weighted by molar-refractivity contribution is 0.0976. The average Bonchev–Trinajstić information content (AvgIpc) is 2.73. The number of pyridine rings is 1. The van der Waals surface area contributed by atoms with E-state index in [-0.39, 0.29) is 32.8 Å². The molecule has 6 nitrogen and oxygen atoms in total. The first kappa shape index (κ1) is 24.7. The zero-order valence-electron chi connectivity index (χ0n) is 19.3. The number of carbonyl (C=O) groups excluding carboxylic acids is 1. The van der Waals surface area contributed by atoms with E-state index in [2.05, 4.69) is 30.5 Å². The van der Waals surface area contributed by atoms with Gasteiger partial charge in [-0.1, -0.05) is 62.7 Å². The predicted octanol–water partition coefficient (Wildman–Crippen LogP) is 5.89. The Labute approximate surface area is 200 Å². The fourth-order valence-corrected chi connectivity index (χ4v) is 4.59. The molecule has 3 rings (SSSR count). The minimum absolute atomic E-state index is 0.0222. The van der Waals surface area contributed by atoms with Crippen molar-refractivity contribution in [2.24, 2.45) is 0 Å². The van der Waals surface area contributed by atoms with Crippen molar-refractivity contribution in [1.29, 1.82) is 0 Å². The minimum Gasteiger partial charge on any atom is -0.304 e. The van der Waals surface area contributed by atoms with E-state index in [1.807, 2.05) is 44.2 Å². The molecule has 0 radical (unpaired) electrons. The molecule has 0 aliphatic rings. The van der Waals surface area contributed by atoms with Gasteiger partial charge in [-0.15, -0.1) is 0 Å². The maximum absolute atomic E-state index is 13.5. The van der Waals surface area contributed by atoms with Gasteiger partial charge in [0.25, 0.3) is 15.9 Å². The van der Waals surface area contributed by atoms with E-state index >= 15 is 0 Å². The van der Waals surface area contributed by atoms with Crippen molar-refractivity contribution in [1.82, 2.24) is 4.98 Å². The highest BCUT2D eigenvalue weighted by molar-refractivity contribution is 7.92. The van der Waals surface area contributed by atoms with Crippen LogP contribution in [0.4, 0.5) is 11.4 Å². The molecule has 0 fully saturated rings. The van der Waals surface area contributed by atoms with Crippen LogP contribution in [0.3, 0.4) is 0 Å². The van der Waals surface area contributed by atoms with E-state index in [9.17, 15) is 13.2 Å². The first-order chi connectivity index (χ1) is 15.4. The number of hydrogen-bond donors (Lipinski definition) is 1. The van der Waals surface area contributed by atoms with E-state index in [1.165, 1.54) is 12.3 Å². The second-order valence-electron chi connectivity index (χ2n) is 9.03. The van der Waals surface area contributed by atoms with Crippen LogP contribution >= 0.6 is 11.6 Å². The van der Waals surface area contributed by atoms with Crippen LogP contribution in [-0.4, -0.2) is 25.4 Å². The van der Waals surface area contributed by atoms with Crippen LogP contribution in [0.1, 0.15) is 50.7 Å². The average molecular weight is 486 g/mol. The van der Waals surface area contributed by atoms with Crippen molar-refractivity contribution in [3.05, 3.63) is 83.1 Å². The molecule has 8 heteroatoms. The molecule has 1 heterocycles. The van der Waals surface area contributed by atoms with Gasteiger partial charge < -0.3 is 4.90 Å². The molecule has 0 atom stereocenters. The summed E-state index contributed by atoms with van der Waals surface area (Å²) >= 11 is 6.10. The van der Waals surface area contributed by atoms with Crippen molar-refractivity contribution in [2.75, 3.05) is 9.62 Å². The van der Waals surface area contributed by atoms with Crippen LogP contribution in [-0.2, 0) is 15.4 Å². The molecule has 0 unspecified atom stereocenters. The zero-order chi connectivity index (χ0) is 24.4. The molecule has 1 amide bonds. The Hall–Kier alpha value is -2.90. The molecule has 0 saturated heterocycles. The summed E-state index contributed by atoms with van der Waals surface area (Å²) in [5, 5.41) is 0.211. The first-order valence-electron chi connectivity index (χ1n) is 10.6. The summed E-state index contributed by atoms with van der Waals surface area (Å²) < 4.78 is 28.7. The van der Waals surface area contributed by atoms with Crippen LogP contribution in [0.15, 0.2) is 71.8 Å². The van der Waals surface area contributed by atoms with Gasteiger partial charge >= 0.3 is 0 Å². The van der Waals surface area contributed by atoms with Crippen LogP contribution in [0.2, 0.25) is 5.02 Å². The topological polar surface area (TPSA) is 79.4 Å². The van der Waals surface area contributed by atoms with Gasteiger partial charge in [-0.25, -0.2) is 13.4 Å². The molecule has 174 valence electrons. The summed E-state index contributed by atoms with van der Waals surface area (Å²) in [5.74, 6) is -0.436. The quantitative estimate of drug-likeness (QED) is 0.472. The van der Waals surface area contributed by atoms with E-state index in [4.69, 9.17) is 11.6 Å². The molecular weight excluding hydrogens is 458 g/mol. The smallest absolute Gasteiger partial charge is 0.279 e. The Morgan fingerprint density at radius 3 is 2.18 bits per heavy atom. The highest BCUT2D eigenvalue weighted by Gasteiger charge is 2.27. The Morgan fingerprint density at radius 2 is 1.64 bits per heavy atom. The fourth-order valence-electron chi connectivity index (χ4n) is 3.38. The maximum Gasteiger partial charge on any atom is 0.279 e. The molecule has 2 aromatic carbocycles. The number of nitrogens with zero attached hydrogens (tertiary/aromatic N) is 2. The van der Waals surface area contributed by atoms with Gasteiger partial charge in [0, 0.05) is 17.9 Å². The number of carbonyl (C=O) groups is 1. The maximum atomic E-state index is 13.5. The van der Waals surface area contributed by atoms with Gasteiger partial charge in [-0.2, -0.15) is 0 Å². The summed E-state index contributed by atoms with van der Waals surface area (Å²) in [5.41, 5.74) is 1.57. The Bertz CT molecular complexity index is 1240. The third-order valence-electron chi connectivity index (χ3n) is 5.10.